The maximum Gasteiger partial charge on any atom is 0.286 e. The van der Waals surface area contributed by atoms with Gasteiger partial charge in [0.1, 0.15) is 5.01 Å². The normalized spacial score (nSPS) is 12.0. The summed E-state index contributed by atoms with van der Waals surface area (Å²) in [5, 5.41) is 17.5. The zero-order valence-electron chi connectivity index (χ0n) is 16.7. The summed E-state index contributed by atoms with van der Waals surface area (Å²) in [5.41, 5.74) is 0.603. The summed E-state index contributed by atoms with van der Waals surface area (Å²) in [4.78, 5) is 25.8. The Morgan fingerprint density at radius 1 is 1.17 bits per heavy atom. The third-order valence-corrected chi connectivity index (χ3v) is 6.54. The molecule has 2 aromatic heterocycles. The molecular formula is C21H23ClN4O2S2. The number of amides is 2. The summed E-state index contributed by atoms with van der Waals surface area (Å²) in [6.07, 6.45) is 1.64. The van der Waals surface area contributed by atoms with E-state index in [0.29, 0.717) is 35.9 Å². The van der Waals surface area contributed by atoms with Crippen molar-refractivity contribution < 1.29 is 9.59 Å². The molecule has 0 fully saturated rings. The Bertz CT molecular complexity index is 989. The van der Waals surface area contributed by atoms with E-state index in [1.165, 1.54) is 11.3 Å². The highest BCUT2D eigenvalue weighted by Gasteiger charge is 2.19. The number of carbonyl (C=O) groups excluding carboxylic acids is 2. The lowest BCUT2D eigenvalue weighted by molar-refractivity contribution is -0.122. The first-order valence-corrected chi connectivity index (χ1v) is 11.7. The topological polar surface area (TPSA) is 84.0 Å². The van der Waals surface area contributed by atoms with E-state index in [1.807, 2.05) is 17.5 Å². The number of nitrogens with one attached hydrogen (secondary N) is 2. The van der Waals surface area contributed by atoms with Crippen LogP contribution in [0, 0.1) is 5.92 Å². The number of hydrogen-bond donors (Lipinski definition) is 2. The highest BCUT2D eigenvalue weighted by molar-refractivity contribution is 7.13. The van der Waals surface area contributed by atoms with Gasteiger partial charge in [0.05, 0.1) is 6.04 Å². The van der Waals surface area contributed by atoms with Gasteiger partial charge in [0.2, 0.25) is 10.9 Å². The number of thiophene rings is 1. The van der Waals surface area contributed by atoms with Crippen LogP contribution in [0.25, 0.3) is 0 Å². The quantitative estimate of drug-likeness (QED) is 0.449. The number of carbonyl (C=O) groups is 2. The second-order valence-corrected chi connectivity index (χ2v) is 9.60. The molecule has 1 atom stereocenters. The highest BCUT2D eigenvalue weighted by atomic mass is 35.5. The van der Waals surface area contributed by atoms with Crippen LogP contribution in [0.2, 0.25) is 5.02 Å². The molecule has 2 amide bonds. The average molecular weight is 463 g/mol. The van der Waals surface area contributed by atoms with Gasteiger partial charge in [-0.2, -0.15) is 0 Å². The van der Waals surface area contributed by atoms with Crippen molar-refractivity contribution in [2.75, 3.05) is 5.32 Å². The van der Waals surface area contributed by atoms with Crippen LogP contribution in [-0.4, -0.2) is 22.0 Å². The van der Waals surface area contributed by atoms with Gasteiger partial charge in [-0.25, -0.2) is 0 Å². The lowest BCUT2D eigenvalue weighted by Crippen LogP contribution is -2.31. The lowest BCUT2D eigenvalue weighted by atomic mass is 10.0. The molecule has 2 N–H and O–H groups in total. The van der Waals surface area contributed by atoms with Gasteiger partial charge in [-0.15, -0.1) is 21.5 Å². The molecule has 0 aliphatic heterocycles. The van der Waals surface area contributed by atoms with E-state index in [9.17, 15) is 9.59 Å². The van der Waals surface area contributed by atoms with Crippen LogP contribution >= 0.6 is 34.3 Å². The second kappa shape index (κ2) is 10.7. The molecule has 9 heteroatoms. The SMILES string of the molecule is CC(C)[C@@H](NC(=O)CCCc1nnc(C(=O)Nc2cccc(Cl)c2)s1)c1cccs1. The Morgan fingerprint density at radius 3 is 2.70 bits per heavy atom. The van der Waals surface area contributed by atoms with Gasteiger partial charge in [0.25, 0.3) is 5.91 Å². The molecule has 158 valence electrons. The molecule has 1 aromatic carbocycles. The van der Waals surface area contributed by atoms with E-state index in [-0.39, 0.29) is 22.9 Å². The van der Waals surface area contributed by atoms with Gasteiger partial charge in [0.15, 0.2) is 0 Å². The van der Waals surface area contributed by atoms with Gasteiger partial charge < -0.3 is 10.6 Å². The predicted octanol–water partition coefficient (Wildman–Crippen LogP) is 5.34. The third-order valence-electron chi connectivity index (χ3n) is 4.37. The van der Waals surface area contributed by atoms with Gasteiger partial charge in [-0.3, -0.25) is 9.59 Å². The van der Waals surface area contributed by atoms with Crippen molar-refractivity contribution in [1.82, 2.24) is 15.5 Å². The Kier molecular flexibility index (Phi) is 7.95. The van der Waals surface area contributed by atoms with Gasteiger partial charge in [0, 0.05) is 28.4 Å². The van der Waals surface area contributed by atoms with Crippen LogP contribution in [0.1, 0.15) is 52.4 Å². The fourth-order valence-electron chi connectivity index (χ4n) is 2.88. The molecule has 6 nitrogen and oxygen atoms in total. The van der Waals surface area contributed by atoms with Crippen LogP contribution in [-0.2, 0) is 11.2 Å². The van der Waals surface area contributed by atoms with E-state index >= 15 is 0 Å². The Hall–Kier alpha value is -2.29. The molecule has 3 rings (SSSR count). The monoisotopic (exact) mass is 462 g/mol. The average Bonchev–Trinajstić information content (AvgIpc) is 3.38. The van der Waals surface area contributed by atoms with Crippen molar-refractivity contribution >= 4 is 51.8 Å². The minimum absolute atomic E-state index is 0.0190. The molecule has 30 heavy (non-hydrogen) atoms. The summed E-state index contributed by atoms with van der Waals surface area (Å²) in [7, 11) is 0. The first-order valence-electron chi connectivity index (χ1n) is 9.64. The zero-order chi connectivity index (χ0) is 21.5. The number of benzene rings is 1. The molecule has 0 saturated heterocycles. The third kappa shape index (κ3) is 6.35. The number of rotatable bonds is 9. The van der Waals surface area contributed by atoms with Crippen molar-refractivity contribution in [3.8, 4) is 0 Å². The predicted molar refractivity (Wildman–Crippen MR) is 122 cm³/mol. The molecular weight excluding hydrogens is 440 g/mol. The molecule has 0 saturated carbocycles. The summed E-state index contributed by atoms with van der Waals surface area (Å²) >= 11 is 8.82. The minimum atomic E-state index is -0.325. The molecule has 0 bridgehead atoms. The molecule has 0 spiro atoms. The number of hydrogen-bond acceptors (Lipinski definition) is 6. The summed E-state index contributed by atoms with van der Waals surface area (Å²) in [5.74, 6) is 0.0105. The van der Waals surface area contributed by atoms with Gasteiger partial charge >= 0.3 is 0 Å². The number of aryl methyl sites for hydroxylation is 1. The van der Waals surface area contributed by atoms with Crippen molar-refractivity contribution in [3.63, 3.8) is 0 Å². The highest BCUT2D eigenvalue weighted by Crippen LogP contribution is 2.26. The van der Waals surface area contributed by atoms with E-state index in [0.717, 1.165) is 9.88 Å². The Balaban J connectivity index is 1.47. The number of anilines is 1. The van der Waals surface area contributed by atoms with Gasteiger partial charge in [-0.05, 0) is 42.0 Å². The summed E-state index contributed by atoms with van der Waals surface area (Å²) in [6, 6.07) is 11.0. The maximum atomic E-state index is 12.4. The van der Waals surface area contributed by atoms with Crippen LogP contribution in [0.3, 0.4) is 0 Å². The van der Waals surface area contributed by atoms with E-state index in [1.54, 1.807) is 35.6 Å². The van der Waals surface area contributed by atoms with E-state index in [2.05, 4.69) is 34.7 Å². The second-order valence-electron chi connectivity index (χ2n) is 7.12. The first-order chi connectivity index (χ1) is 14.4. The van der Waals surface area contributed by atoms with Crippen molar-refractivity contribution in [1.29, 1.82) is 0 Å². The Labute approximate surface area is 188 Å². The van der Waals surface area contributed by atoms with Crippen molar-refractivity contribution in [2.45, 2.75) is 39.2 Å². The van der Waals surface area contributed by atoms with Crippen molar-refractivity contribution in [3.05, 3.63) is 61.7 Å². The molecule has 0 aliphatic carbocycles. The molecule has 0 aliphatic rings. The van der Waals surface area contributed by atoms with E-state index in [4.69, 9.17) is 11.6 Å². The molecule has 0 unspecified atom stereocenters. The van der Waals surface area contributed by atoms with Crippen LogP contribution in [0.15, 0.2) is 41.8 Å². The number of nitrogens with zero attached hydrogens (tertiary/aromatic N) is 2. The molecule has 3 aromatic rings. The fourth-order valence-corrected chi connectivity index (χ4v) is 4.79. The smallest absolute Gasteiger partial charge is 0.286 e. The van der Waals surface area contributed by atoms with Crippen LogP contribution in [0.5, 0.6) is 0 Å². The standard InChI is InChI=1S/C21H23ClN4O2S2/c1-13(2)19(16-8-5-11-29-16)24-17(27)9-4-10-18-25-26-21(30-18)20(28)23-15-7-3-6-14(22)12-15/h3,5-8,11-13,19H,4,9-10H2,1-2H3,(H,23,28)(H,24,27)/t19-/m1/s1. The fraction of sp³-hybridized carbons (Fsp3) is 0.333. The number of aromatic nitrogens is 2. The first kappa shape index (κ1) is 22.4. The largest absolute Gasteiger partial charge is 0.348 e. The lowest BCUT2D eigenvalue weighted by Gasteiger charge is -2.21. The zero-order valence-corrected chi connectivity index (χ0v) is 19.1. The van der Waals surface area contributed by atoms with E-state index < -0.39 is 0 Å². The molecule has 0 radical (unpaired) electrons. The number of halogens is 1. The summed E-state index contributed by atoms with van der Waals surface area (Å²) in [6.45, 7) is 4.20. The minimum Gasteiger partial charge on any atom is -0.348 e. The van der Waals surface area contributed by atoms with Crippen molar-refractivity contribution in [2.24, 2.45) is 5.92 Å². The maximum absolute atomic E-state index is 12.4. The van der Waals surface area contributed by atoms with Gasteiger partial charge in [-0.1, -0.05) is 48.9 Å². The van der Waals surface area contributed by atoms with Crippen LogP contribution < -0.4 is 10.6 Å². The Morgan fingerprint density at radius 2 is 2.00 bits per heavy atom. The van der Waals surface area contributed by atoms with Crippen LogP contribution in [0.4, 0.5) is 5.69 Å². The molecule has 2 heterocycles. The summed E-state index contributed by atoms with van der Waals surface area (Å²) < 4.78 is 0.